The van der Waals surface area contributed by atoms with Crippen LogP contribution in [0, 0.1) is 6.92 Å². The number of alkyl halides is 1. The minimum Gasteiger partial charge on any atom is -0.358 e. The van der Waals surface area contributed by atoms with E-state index in [2.05, 4.69) is 31.7 Å². The SMILES string of the molecule is CCC/C=C/S(=O)(=O)NC(=O)c1ccc2[nH]c(C)c(CC3=C(Cl)CC(Br)C=C3)c2c1. The van der Waals surface area contributed by atoms with Gasteiger partial charge in [0.25, 0.3) is 15.9 Å². The van der Waals surface area contributed by atoms with Gasteiger partial charge in [-0.3, -0.25) is 4.79 Å². The molecule has 3 rings (SSSR count). The van der Waals surface area contributed by atoms with E-state index in [0.29, 0.717) is 12.8 Å². The second kappa shape index (κ2) is 9.54. The van der Waals surface area contributed by atoms with E-state index in [1.165, 1.54) is 0 Å². The van der Waals surface area contributed by atoms with Crippen LogP contribution in [-0.4, -0.2) is 24.1 Å². The molecule has 1 atom stereocenters. The zero-order valence-corrected chi connectivity index (χ0v) is 20.0. The molecule has 1 aromatic heterocycles. The largest absolute Gasteiger partial charge is 0.358 e. The van der Waals surface area contributed by atoms with Crippen LogP contribution in [0.2, 0.25) is 0 Å². The second-order valence-electron chi connectivity index (χ2n) is 7.31. The monoisotopic (exact) mass is 510 g/mol. The molecule has 0 spiro atoms. The fourth-order valence-corrected chi connectivity index (χ4v) is 5.15. The molecule has 1 amide bonds. The lowest BCUT2D eigenvalue weighted by Crippen LogP contribution is -2.28. The van der Waals surface area contributed by atoms with E-state index in [1.807, 2.05) is 19.9 Å². The normalized spacial score (nSPS) is 17.3. The summed E-state index contributed by atoms with van der Waals surface area (Å²) >= 11 is 10.0. The highest BCUT2D eigenvalue weighted by atomic mass is 79.9. The maximum Gasteiger partial charge on any atom is 0.265 e. The molecular formula is C22H24BrClN2O3S. The van der Waals surface area contributed by atoms with Crippen LogP contribution in [0.15, 0.2) is 52.4 Å². The summed E-state index contributed by atoms with van der Waals surface area (Å²) in [5.41, 5.74) is 4.24. The first-order valence-electron chi connectivity index (χ1n) is 9.75. The quantitative estimate of drug-likeness (QED) is 0.474. The summed E-state index contributed by atoms with van der Waals surface area (Å²) in [6.45, 7) is 3.93. The van der Waals surface area contributed by atoms with Crippen molar-refractivity contribution in [2.75, 3.05) is 0 Å². The van der Waals surface area contributed by atoms with E-state index >= 15 is 0 Å². The highest BCUT2D eigenvalue weighted by Crippen LogP contribution is 2.32. The van der Waals surface area contributed by atoms with Crippen molar-refractivity contribution < 1.29 is 13.2 Å². The van der Waals surface area contributed by atoms with E-state index in [1.54, 1.807) is 24.3 Å². The number of allylic oxidation sites excluding steroid dienone is 5. The number of unbranched alkanes of at least 4 members (excludes halogenated alkanes) is 1. The van der Waals surface area contributed by atoms with Crippen molar-refractivity contribution in [2.24, 2.45) is 0 Å². The standard InChI is InChI=1S/C22H24BrClN2O3S/c1-3-4-5-10-30(28,29)26-22(27)16-7-9-21-19(12-16)18(14(2)25-21)11-15-6-8-17(23)13-20(15)24/h5-10,12,17,25H,3-4,11,13H2,1-2H3,(H,26,27)/b10-5+. The summed E-state index contributed by atoms with van der Waals surface area (Å²) in [7, 11) is -3.82. The van der Waals surface area contributed by atoms with Crippen LogP contribution in [0.4, 0.5) is 0 Å². The summed E-state index contributed by atoms with van der Waals surface area (Å²) in [5.74, 6) is -0.653. The Kier molecular flexibility index (Phi) is 7.26. The van der Waals surface area contributed by atoms with Crippen LogP contribution in [-0.2, 0) is 16.4 Å². The third-order valence-corrected chi connectivity index (χ3v) is 6.99. The summed E-state index contributed by atoms with van der Waals surface area (Å²) in [5, 5.41) is 2.73. The molecule has 5 nitrogen and oxygen atoms in total. The zero-order valence-electron chi connectivity index (χ0n) is 16.8. The van der Waals surface area contributed by atoms with E-state index < -0.39 is 15.9 Å². The topological polar surface area (TPSA) is 79.0 Å². The number of sulfonamides is 1. The lowest BCUT2D eigenvalue weighted by Gasteiger charge is -2.15. The Morgan fingerprint density at radius 1 is 1.40 bits per heavy atom. The summed E-state index contributed by atoms with van der Waals surface area (Å²) in [6, 6.07) is 5.13. The number of aromatic amines is 1. The predicted molar refractivity (Wildman–Crippen MR) is 127 cm³/mol. The molecule has 0 bridgehead atoms. The fraction of sp³-hybridized carbons (Fsp3) is 0.318. The van der Waals surface area contributed by atoms with Crippen molar-refractivity contribution in [1.29, 1.82) is 0 Å². The van der Waals surface area contributed by atoms with Crippen molar-refractivity contribution in [3.05, 3.63) is 69.3 Å². The van der Waals surface area contributed by atoms with Crippen molar-refractivity contribution in [3.8, 4) is 0 Å². The minimum atomic E-state index is -3.82. The van der Waals surface area contributed by atoms with E-state index in [0.717, 1.165) is 51.0 Å². The number of hydrogen-bond acceptors (Lipinski definition) is 3. The molecule has 1 heterocycles. The smallest absolute Gasteiger partial charge is 0.265 e. The van der Waals surface area contributed by atoms with Crippen LogP contribution >= 0.6 is 27.5 Å². The van der Waals surface area contributed by atoms with Gasteiger partial charge in [0.2, 0.25) is 0 Å². The Bertz CT molecular complexity index is 1160. The second-order valence-corrected chi connectivity index (χ2v) is 10.5. The maximum atomic E-state index is 12.6. The Labute approximate surface area is 190 Å². The van der Waals surface area contributed by atoms with Crippen molar-refractivity contribution in [1.82, 2.24) is 9.71 Å². The highest BCUT2D eigenvalue weighted by molar-refractivity contribution is 9.09. The Morgan fingerprint density at radius 2 is 2.17 bits per heavy atom. The summed E-state index contributed by atoms with van der Waals surface area (Å²) < 4.78 is 26.3. The number of halogens is 2. The van der Waals surface area contributed by atoms with Gasteiger partial charge in [0, 0.05) is 43.8 Å². The Balaban J connectivity index is 1.89. The van der Waals surface area contributed by atoms with Gasteiger partial charge in [0.15, 0.2) is 0 Å². The molecule has 160 valence electrons. The van der Waals surface area contributed by atoms with Gasteiger partial charge >= 0.3 is 0 Å². The molecule has 0 saturated heterocycles. The van der Waals surface area contributed by atoms with Gasteiger partial charge in [0.05, 0.1) is 0 Å². The molecule has 8 heteroatoms. The highest BCUT2D eigenvalue weighted by Gasteiger charge is 2.18. The first-order valence-corrected chi connectivity index (χ1v) is 12.6. The van der Waals surface area contributed by atoms with Crippen molar-refractivity contribution >= 4 is 54.4 Å². The molecule has 1 unspecified atom stereocenters. The first kappa shape index (κ1) is 22.8. The van der Waals surface area contributed by atoms with Gasteiger partial charge in [-0.25, -0.2) is 13.1 Å². The number of benzene rings is 1. The minimum absolute atomic E-state index is 0.237. The molecule has 1 aromatic carbocycles. The number of H-pyrrole nitrogens is 1. The lowest BCUT2D eigenvalue weighted by molar-refractivity contribution is 0.0982. The van der Waals surface area contributed by atoms with Crippen LogP contribution < -0.4 is 4.72 Å². The predicted octanol–water partition coefficient (Wildman–Crippen LogP) is 5.61. The lowest BCUT2D eigenvalue weighted by atomic mass is 9.97. The van der Waals surface area contributed by atoms with Gasteiger partial charge in [0.1, 0.15) is 0 Å². The van der Waals surface area contributed by atoms with Crippen LogP contribution in [0.1, 0.15) is 47.8 Å². The molecule has 1 aliphatic carbocycles. The molecule has 0 aliphatic heterocycles. The number of nitrogens with one attached hydrogen (secondary N) is 2. The number of hydrogen-bond donors (Lipinski definition) is 2. The average Bonchev–Trinajstić information content (AvgIpc) is 2.98. The number of fused-ring (bicyclic) bond motifs is 1. The zero-order chi connectivity index (χ0) is 21.9. The van der Waals surface area contributed by atoms with Crippen LogP contribution in [0.5, 0.6) is 0 Å². The average molecular weight is 512 g/mol. The molecular weight excluding hydrogens is 488 g/mol. The maximum absolute atomic E-state index is 12.6. The Hall–Kier alpha value is -1.83. The molecule has 0 saturated carbocycles. The number of carbonyl (C=O) groups is 1. The molecule has 1 aliphatic rings. The van der Waals surface area contributed by atoms with E-state index in [-0.39, 0.29) is 10.4 Å². The first-order chi connectivity index (χ1) is 14.2. The summed E-state index contributed by atoms with van der Waals surface area (Å²) in [6.07, 6.45) is 8.47. The summed E-state index contributed by atoms with van der Waals surface area (Å²) in [4.78, 5) is 16.1. The third-order valence-electron chi connectivity index (χ3n) is 4.94. The van der Waals surface area contributed by atoms with Gasteiger partial charge < -0.3 is 4.98 Å². The third kappa shape index (κ3) is 5.45. The fourth-order valence-electron chi connectivity index (χ4n) is 3.36. The number of amides is 1. The number of aryl methyl sites for hydroxylation is 1. The number of rotatable bonds is 7. The van der Waals surface area contributed by atoms with Crippen LogP contribution in [0.25, 0.3) is 10.9 Å². The van der Waals surface area contributed by atoms with Gasteiger partial charge in [-0.15, -0.1) is 0 Å². The van der Waals surface area contributed by atoms with Gasteiger partial charge in [-0.1, -0.05) is 59.1 Å². The van der Waals surface area contributed by atoms with Gasteiger partial charge in [-0.05, 0) is 49.1 Å². The molecule has 0 radical (unpaired) electrons. The number of aromatic nitrogens is 1. The van der Waals surface area contributed by atoms with E-state index in [4.69, 9.17) is 11.6 Å². The van der Waals surface area contributed by atoms with Crippen LogP contribution in [0.3, 0.4) is 0 Å². The van der Waals surface area contributed by atoms with Crippen molar-refractivity contribution in [3.63, 3.8) is 0 Å². The molecule has 2 N–H and O–H groups in total. The van der Waals surface area contributed by atoms with Crippen molar-refractivity contribution in [2.45, 2.75) is 44.4 Å². The Morgan fingerprint density at radius 3 is 2.87 bits per heavy atom. The molecule has 30 heavy (non-hydrogen) atoms. The molecule has 0 fully saturated rings. The van der Waals surface area contributed by atoms with E-state index in [9.17, 15) is 13.2 Å². The number of carbonyl (C=O) groups excluding carboxylic acids is 1. The van der Waals surface area contributed by atoms with Gasteiger partial charge in [-0.2, -0.15) is 0 Å². The molecule has 2 aromatic rings.